The Bertz CT molecular complexity index is 1890. The standard InChI is InChI=1S/C45H56N2O9/c1-30-16-20-35-34(24-30)45(48)47-44(46-35)33-19-21-36(37(29-33)49-2)55-22-14-12-10-8-9-11-13-15-23-56-43-40(52-5)27-32(28-41(43)53-6)18-17-31-25-38(50-3)42(54-7)39(26-31)51-4/h16-21,24-29,44,46H,8-15,22-23H2,1-7H3,(H,47,48). The summed E-state index contributed by atoms with van der Waals surface area (Å²) in [5.74, 6) is 4.80. The summed E-state index contributed by atoms with van der Waals surface area (Å²) in [6.07, 6.45) is 12.4. The molecule has 1 heterocycles. The number of rotatable bonds is 22. The number of amides is 1. The first-order valence-electron chi connectivity index (χ1n) is 19.2. The van der Waals surface area contributed by atoms with Crippen LogP contribution in [0.4, 0.5) is 5.69 Å². The zero-order valence-electron chi connectivity index (χ0n) is 33.8. The number of unbranched alkanes of at least 4 members (excludes halogenated alkanes) is 7. The molecule has 1 atom stereocenters. The molecule has 11 heteroatoms. The number of fused-ring (bicyclic) bond motifs is 1. The van der Waals surface area contributed by atoms with Crippen molar-refractivity contribution < 1.29 is 42.7 Å². The van der Waals surface area contributed by atoms with Gasteiger partial charge in [-0.05, 0) is 85.0 Å². The second kappa shape index (κ2) is 20.8. The Hall–Kier alpha value is -5.71. The van der Waals surface area contributed by atoms with Crippen LogP contribution >= 0.6 is 0 Å². The van der Waals surface area contributed by atoms with Crippen LogP contribution < -0.4 is 48.5 Å². The van der Waals surface area contributed by atoms with Gasteiger partial charge in [-0.3, -0.25) is 4.79 Å². The molecule has 1 aliphatic heterocycles. The predicted octanol–water partition coefficient (Wildman–Crippen LogP) is 9.65. The van der Waals surface area contributed by atoms with E-state index in [-0.39, 0.29) is 12.1 Å². The molecule has 0 aliphatic carbocycles. The number of hydrogen-bond acceptors (Lipinski definition) is 10. The minimum atomic E-state index is -0.351. The number of nitrogens with one attached hydrogen (secondary N) is 2. The fourth-order valence-electron chi connectivity index (χ4n) is 6.67. The van der Waals surface area contributed by atoms with Crippen LogP contribution in [0.15, 0.2) is 60.7 Å². The summed E-state index contributed by atoms with van der Waals surface area (Å²) in [6.45, 7) is 3.17. The Kier molecular flexibility index (Phi) is 15.4. The number of anilines is 1. The van der Waals surface area contributed by atoms with Crippen LogP contribution in [0.5, 0.6) is 46.0 Å². The number of carbonyl (C=O) groups excluding carboxylic acids is 1. The van der Waals surface area contributed by atoms with Crippen molar-refractivity contribution in [2.45, 2.75) is 64.5 Å². The number of benzene rings is 4. The van der Waals surface area contributed by atoms with Gasteiger partial charge in [-0.1, -0.05) is 68.4 Å². The van der Waals surface area contributed by atoms with Crippen LogP contribution in [0.2, 0.25) is 0 Å². The van der Waals surface area contributed by atoms with Crippen LogP contribution in [0.25, 0.3) is 12.2 Å². The lowest BCUT2D eigenvalue weighted by Gasteiger charge is -2.28. The largest absolute Gasteiger partial charge is 0.493 e. The Morgan fingerprint density at radius 2 is 1.04 bits per heavy atom. The molecule has 0 saturated heterocycles. The molecule has 300 valence electrons. The molecule has 4 aromatic carbocycles. The van der Waals surface area contributed by atoms with Gasteiger partial charge in [0, 0.05) is 5.69 Å². The van der Waals surface area contributed by atoms with Crippen molar-refractivity contribution in [3.8, 4) is 46.0 Å². The molecule has 2 N–H and O–H groups in total. The molecule has 0 fully saturated rings. The molecule has 4 aromatic rings. The minimum absolute atomic E-state index is 0.0960. The second-order valence-corrected chi connectivity index (χ2v) is 13.6. The van der Waals surface area contributed by atoms with Crippen LogP contribution in [-0.2, 0) is 0 Å². The zero-order chi connectivity index (χ0) is 39.9. The van der Waals surface area contributed by atoms with Gasteiger partial charge < -0.3 is 48.5 Å². The highest BCUT2D eigenvalue weighted by molar-refractivity contribution is 6.02. The van der Waals surface area contributed by atoms with Crippen LogP contribution in [0.1, 0.15) is 90.1 Å². The van der Waals surface area contributed by atoms with Crippen molar-refractivity contribution in [2.75, 3.05) is 61.2 Å². The van der Waals surface area contributed by atoms with Crippen molar-refractivity contribution in [1.29, 1.82) is 0 Å². The van der Waals surface area contributed by atoms with Gasteiger partial charge in [0.1, 0.15) is 6.17 Å². The summed E-state index contributed by atoms with van der Waals surface area (Å²) in [6, 6.07) is 19.3. The highest BCUT2D eigenvalue weighted by Crippen LogP contribution is 2.41. The quantitative estimate of drug-likeness (QED) is 0.0592. The average Bonchev–Trinajstić information content (AvgIpc) is 3.22. The van der Waals surface area contributed by atoms with Crippen molar-refractivity contribution in [2.24, 2.45) is 0 Å². The van der Waals surface area contributed by atoms with E-state index in [0.717, 1.165) is 60.0 Å². The molecule has 0 saturated carbocycles. The highest BCUT2D eigenvalue weighted by Gasteiger charge is 2.25. The molecule has 0 aromatic heterocycles. The lowest BCUT2D eigenvalue weighted by molar-refractivity contribution is 0.0935. The molecule has 1 amide bonds. The first-order valence-corrected chi connectivity index (χ1v) is 19.2. The third-order valence-corrected chi connectivity index (χ3v) is 9.70. The maximum absolute atomic E-state index is 12.7. The maximum atomic E-state index is 12.7. The second-order valence-electron chi connectivity index (χ2n) is 13.6. The van der Waals surface area contributed by atoms with E-state index in [1.165, 1.54) is 19.3 Å². The molecule has 0 radical (unpaired) electrons. The third-order valence-electron chi connectivity index (χ3n) is 9.70. The van der Waals surface area contributed by atoms with Crippen LogP contribution in [0, 0.1) is 6.92 Å². The van der Waals surface area contributed by atoms with E-state index in [1.807, 2.05) is 79.7 Å². The van der Waals surface area contributed by atoms with Crippen LogP contribution in [0.3, 0.4) is 0 Å². The summed E-state index contributed by atoms with van der Waals surface area (Å²) in [5.41, 5.74) is 5.20. The predicted molar refractivity (Wildman–Crippen MR) is 221 cm³/mol. The van der Waals surface area contributed by atoms with Gasteiger partial charge in [-0.25, -0.2) is 0 Å². The number of methoxy groups -OCH3 is 6. The Morgan fingerprint density at radius 1 is 0.518 bits per heavy atom. The molecule has 1 aliphatic rings. The van der Waals surface area contributed by atoms with E-state index in [4.69, 9.17) is 37.9 Å². The Morgan fingerprint density at radius 3 is 1.57 bits per heavy atom. The van der Waals surface area contributed by atoms with E-state index < -0.39 is 0 Å². The van der Waals surface area contributed by atoms with E-state index in [2.05, 4.69) is 10.6 Å². The SMILES string of the molecule is COc1cc(C2NC(=O)c3cc(C)ccc3N2)ccc1OCCCCCCCCCCOc1c(OC)cc(C=Cc2cc(OC)c(OC)c(OC)c2)cc1OC. The maximum Gasteiger partial charge on any atom is 0.255 e. The number of ether oxygens (including phenoxy) is 8. The van der Waals surface area contributed by atoms with Gasteiger partial charge in [0.25, 0.3) is 5.91 Å². The highest BCUT2D eigenvalue weighted by atomic mass is 16.5. The fourth-order valence-corrected chi connectivity index (χ4v) is 6.67. The molecule has 1 unspecified atom stereocenters. The fraction of sp³-hybridized carbons (Fsp3) is 0.400. The van der Waals surface area contributed by atoms with Crippen molar-refractivity contribution >= 4 is 23.7 Å². The molecular formula is C45H56N2O9. The van der Waals surface area contributed by atoms with Gasteiger partial charge in [0.2, 0.25) is 11.5 Å². The first-order chi connectivity index (χ1) is 27.3. The minimum Gasteiger partial charge on any atom is -0.493 e. The van der Waals surface area contributed by atoms with Crippen LogP contribution in [-0.4, -0.2) is 61.8 Å². The third kappa shape index (κ3) is 10.7. The van der Waals surface area contributed by atoms with Gasteiger partial charge in [-0.15, -0.1) is 0 Å². The van der Waals surface area contributed by atoms with E-state index in [0.29, 0.717) is 64.8 Å². The molecule has 11 nitrogen and oxygen atoms in total. The zero-order valence-corrected chi connectivity index (χ0v) is 33.8. The Labute approximate surface area is 331 Å². The summed E-state index contributed by atoms with van der Waals surface area (Å²) in [7, 11) is 9.68. The van der Waals surface area contributed by atoms with Gasteiger partial charge >= 0.3 is 0 Å². The topological polar surface area (TPSA) is 115 Å². The van der Waals surface area contributed by atoms with Crippen molar-refractivity contribution in [3.05, 3.63) is 88.5 Å². The van der Waals surface area contributed by atoms with Crippen molar-refractivity contribution in [1.82, 2.24) is 5.32 Å². The van der Waals surface area contributed by atoms with Gasteiger partial charge in [-0.2, -0.15) is 0 Å². The Balaban J connectivity index is 0.983. The molecular weight excluding hydrogens is 713 g/mol. The van der Waals surface area contributed by atoms with Gasteiger partial charge in [0.15, 0.2) is 34.5 Å². The lowest BCUT2D eigenvalue weighted by atomic mass is 10.0. The summed E-state index contributed by atoms with van der Waals surface area (Å²) in [5, 5.41) is 6.45. The molecule has 5 rings (SSSR count). The van der Waals surface area contributed by atoms with Gasteiger partial charge in [0.05, 0.1) is 61.4 Å². The number of aryl methyl sites for hydroxylation is 1. The smallest absolute Gasteiger partial charge is 0.255 e. The summed E-state index contributed by atoms with van der Waals surface area (Å²) in [4.78, 5) is 12.7. The first kappa shape index (κ1) is 41.5. The number of hydrogen-bond donors (Lipinski definition) is 2. The summed E-state index contributed by atoms with van der Waals surface area (Å²) < 4.78 is 45.7. The normalized spacial score (nSPS) is 13.3. The molecule has 0 bridgehead atoms. The lowest BCUT2D eigenvalue weighted by Crippen LogP contribution is -2.38. The monoisotopic (exact) mass is 768 g/mol. The van der Waals surface area contributed by atoms with E-state index in [1.54, 1.807) is 42.7 Å². The summed E-state index contributed by atoms with van der Waals surface area (Å²) >= 11 is 0. The van der Waals surface area contributed by atoms with Crippen molar-refractivity contribution in [3.63, 3.8) is 0 Å². The average molecular weight is 769 g/mol. The number of carbonyl (C=O) groups is 1. The van der Waals surface area contributed by atoms with E-state index in [9.17, 15) is 4.79 Å². The van der Waals surface area contributed by atoms with E-state index >= 15 is 0 Å². The molecule has 0 spiro atoms. The molecule has 56 heavy (non-hydrogen) atoms.